The molecule has 2 amide bonds. The number of ether oxygens (including phenoxy) is 2. The van der Waals surface area contributed by atoms with Crippen LogP contribution in [0.4, 0.5) is 14.0 Å². The van der Waals surface area contributed by atoms with Crippen LogP contribution in [-0.4, -0.2) is 65.1 Å². The topological polar surface area (TPSA) is 106 Å². The molecule has 1 aliphatic heterocycles. The zero-order valence-electron chi connectivity index (χ0n) is 27.0. The van der Waals surface area contributed by atoms with Gasteiger partial charge in [-0.2, -0.15) is 0 Å². The summed E-state index contributed by atoms with van der Waals surface area (Å²) in [5.74, 6) is -0.663. The van der Waals surface area contributed by atoms with Gasteiger partial charge in [-0.25, -0.2) is 23.6 Å². The Labute approximate surface area is 282 Å². The predicted molar refractivity (Wildman–Crippen MR) is 180 cm³/mol. The number of fused-ring (bicyclic) bond motifs is 4. The van der Waals surface area contributed by atoms with E-state index in [-0.39, 0.29) is 66.4 Å². The van der Waals surface area contributed by atoms with Gasteiger partial charge in [-0.15, -0.1) is 0 Å². The fourth-order valence-electron chi connectivity index (χ4n) is 6.70. The number of nitrogens with one attached hydrogen (secondary N) is 1. The van der Waals surface area contributed by atoms with E-state index in [1.807, 2.05) is 36.4 Å². The van der Waals surface area contributed by atoms with Gasteiger partial charge >= 0.3 is 12.2 Å². The minimum Gasteiger partial charge on any atom is -0.449 e. The highest BCUT2D eigenvalue weighted by Crippen LogP contribution is 2.45. The van der Waals surface area contributed by atoms with E-state index < -0.39 is 35.2 Å². The Hall–Kier alpha value is -4.64. The van der Waals surface area contributed by atoms with Crippen LogP contribution >= 0.6 is 11.6 Å². The Morgan fingerprint density at radius 2 is 1.60 bits per heavy atom. The summed E-state index contributed by atoms with van der Waals surface area (Å²) >= 11 is 6.44. The summed E-state index contributed by atoms with van der Waals surface area (Å²) < 4.78 is 28.0. The first-order valence-electron chi connectivity index (χ1n) is 16.3. The highest BCUT2D eigenvalue weighted by Gasteiger charge is 2.39. The normalized spacial score (nSPS) is 16.8. The third-order valence-electron chi connectivity index (χ3n) is 9.11. The second kappa shape index (κ2) is 12.4. The molecule has 2 aliphatic carbocycles. The van der Waals surface area contributed by atoms with E-state index in [4.69, 9.17) is 21.1 Å². The van der Waals surface area contributed by atoms with Crippen LogP contribution in [0.25, 0.3) is 22.0 Å². The number of aromatic nitrogens is 2. The SMILES string of the molecule is CC(C)(C)OC(=O)N1CCN(n2c([C@@H](NC(=O)OCC3c4ccccc4-c4ccccc43)C3CC3)nc3c(F)ccc(Cl)c3c2=O)CC1. The van der Waals surface area contributed by atoms with Gasteiger partial charge in [0.05, 0.1) is 29.5 Å². The van der Waals surface area contributed by atoms with Crippen molar-refractivity contribution in [1.29, 1.82) is 0 Å². The van der Waals surface area contributed by atoms with Crippen molar-refractivity contribution >= 4 is 34.7 Å². The number of amides is 2. The van der Waals surface area contributed by atoms with Crippen LogP contribution in [0.1, 0.15) is 62.5 Å². The van der Waals surface area contributed by atoms with Gasteiger partial charge in [-0.1, -0.05) is 60.1 Å². The monoisotopic (exact) mass is 673 g/mol. The van der Waals surface area contributed by atoms with Gasteiger partial charge in [0.25, 0.3) is 5.56 Å². The number of hydrogen-bond donors (Lipinski definition) is 1. The van der Waals surface area contributed by atoms with Gasteiger partial charge in [0.2, 0.25) is 0 Å². The number of alkyl carbamates (subject to hydrolysis) is 1. The molecular formula is C36H37ClFN5O5. The maximum Gasteiger partial charge on any atom is 0.410 e. The summed E-state index contributed by atoms with van der Waals surface area (Å²) in [6.07, 6.45) is 0.472. The van der Waals surface area contributed by atoms with Gasteiger partial charge in [0.15, 0.2) is 5.82 Å². The molecule has 10 nitrogen and oxygen atoms in total. The van der Waals surface area contributed by atoms with E-state index in [0.717, 1.165) is 35.1 Å². The number of piperazine rings is 1. The summed E-state index contributed by atoms with van der Waals surface area (Å²) in [4.78, 5) is 46.7. The smallest absolute Gasteiger partial charge is 0.410 e. The predicted octanol–water partition coefficient (Wildman–Crippen LogP) is 6.37. The maximum atomic E-state index is 15.2. The van der Waals surface area contributed by atoms with Gasteiger partial charge < -0.3 is 24.7 Å². The van der Waals surface area contributed by atoms with Crippen LogP contribution in [0.5, 0.6) is 0 Å². The average molecular weight is 674 g/mol. The number of benzene rings is 3. The van der Waals surface area contributed by atoms with Crippen molar-refractivity contribution in [3.05, 3.63) is 98.8 Å². The number of carbonyl (C=O) groups excluding carboxylic acids is 2. The second-order valence-electron chi connectivity index (χ2n) is 13.5. The molecule has 250 valence electrons. The van der Waals surface area contributed by atoms with Crippen LogP contribution < -0.4 is 15.9 Å². The van der Waals surface area contributed by atoms with Crippen molar-refractivity contribution in [2.45, 2.75) is 51.2 Å². The third-order valence-corrected chi connectivity index (χ3v) is 9.42. The Bertz CT molecular complexity index is 1920. The molecule has 1 atom stereocenters. The maximum absolute atomic E-state index is 15.2. The largest absolute Gasteiger partial charge is 0.449 e. The highest BCUT2D eigenvalue weighted by atomic mass is 35.5. The van der Waals surface area contributed by atoms with Crippen molar-refractivity contribution in [3.63, 3.8) is 0 Å². The van der Waals surface area contributed by atoms with E-state index in [1.165, 1.54) is 16.8 Å². The minimum absolute atomic E-state index is 0.0358. The van der Waals surface area contributed by atoms with E-state index in [1.54, 1.807) is 30.7 Å². The molecule has 0 unspecified atom stereocenters. The number of hydrogen-bond acceptors (Lipinski definition) is 7. The first-order valence-corrected chi connectivity index (χ1v) is 16.6. The molecule has 1 saturated heterocycles. The molecular weight excluding hydrogens is 637 g/mol. The summed E-state index contributed by atoms with van der Waals surface area (Å²) in [5.41, 5.74) is 3.06. The Morgan fingerprint density at radius 1 is 0.979 bits per heavy atom. The lowest BCUT2D eigenvalue weighted by molar-refractivity contribution is 0.0231. The van der Waals surface area contributed by atoms with Crippen LogP contribution in [0.2, 0.25) is 5.02 Å². The quantitative estimate of drug-likeness (QED) is 0.254. The van der Waals surface area contributed by atoms with Crippen LogP contribution in [0, 0.1) is 11.7 Å². The average Bonchev–Trinajstić information content (AvgIpc) is 3.86. The zero-order chi connectivity index (χ0) is 33.7. The summed E-state index contributed by atoms with van der Waals surface area (Å²) in [5, 5.41) is 4.76. The molecule has 1 aromatic heterocycles. The first kappa shape index (κ1) is 31.9. The number of rotatable bonds is 6. The molecule has 7 rings (SSSR count). The molecule has 1 saturated carbocycles. The number of nitrogens with zero attached hydrogens (tertiary/aromatic N) is 4. The molecule has 0 bridgehead atoms. The number of halogens is 2. The van der Waals surface area contributed by atoms with E-state index >= 15 is 4.39 Å². The molecule has 3 aliphatic rings. The van der Waals surface area contributed by atoms with E-state index in [0.29, 0.717) is 0 Å². The van der Waals surface area contributed by atoms with Crippen molar-refractivity contribution in [1.82, 2.24) is 19.9 Å². The van der Waals surface area contributed by atoms with E-state index in [9.17, 15) is 14.4 Å². The van der Waals surface area contributed by atoms with Gasteiger partial charge in [-0.05, 0) is 73.9 Å². The molecule has 2 fully saturated rings. The van der Waals surface area contributed by atoms with Crippen molar-refractivity contribution < 1.29 is 23.5 Å². The Kier molecular flexibility index (Phi) is 8.27. The van der Waals surface area contributed by atoms with Crippen LogP contribution in [-0.2, 0) is 9.47 Å². The van der Waals surface area contributed by atoms with Gasteiger partial charge in [0, 0.05) is 19.0 Å². The van der Waals surface area contributed by atoms with Crippen molar-refractivity contribution in [2.75, 3.05) is 37.8 Å². The molecule has 0 spiro atoms. The second-order valence-corrected chi connectivity index (χ2v) is 14.0. The summed E-state index contributed by atoms with van der Waals surface area (Å²) in [6.45, 7) is 6.64. The Morgan fingerprint density at radius 3 is 2.21 bits per heavy atom. The van der Waals surface area contributed by atoms with E-state index in [2.05, 4.69) is 22.4 Å². The molecule has 3 aromatic carbocycles. The number of carbonyl (C=O) groups is 2. The van der Waals surface area contributed by atoms with Crippen LogP contribution in [0.15, 0.2) is 65.5 Å². The molecule has 12 heteroatoms. The molecule has 0 radical (unpaired) electrons. The van der Waals surface area contributed by atoms with Crippen molar-refractivity contribution in [3.8, 4) is 11.1 Å². The molecule has 4 aromatic rings. The lowest BCUT2D eigenvalue weighted by Gasteiger charge is -2.38. The lowest BCUT2D eigenvalue weighted by Crippen LogP contribution is -2.57. The molecule has 1 N–H and O–H groups in total. The first-order chi connectivity index (χ1) is 23.0. The van der Waals surface area contributed by atoms with Crippen LogP contribution in [0.3, 0.4) is 0 Å². The lowest BCUT2D eigenvalue weighted by atomic mass is 9.98. The fourth-order valence-corrected chi connectivity index (χ4v) is 6.93. The van der Waals surface area contributed by atoms with Gasteiger partial charge in [-0.3, -0.25) is 4.79 Å². The van der Waals surface area contributed by atoms with Crippen molar-refractivity contribution in [2.24, 2.45) is 5.92 Å². The highest BCUT2D eigenvalue weighted by molar-refractivity contribution is 6.35. The fraction of sp³-hybridized carbons (Fsp3) is 0.389. The zero-order valence-corrected chi connectivity index (χ0v) is 27.8. The minimum atomic E-state index is -0.736. The van der Waals surface area contributed by atoms with Gasteiger partial charge in [0.1, 0.15) is 23.5 Å². The molecule has 2 heterocycles. The molecule has 48 heavy (non-hydrogen) atoms. The summed E-state index contributed by atoms with van der Waals surface area (Å²) in [6, 6.07) is 18.0. The third kappa shape index (κ3) is 6.07. The summed E-state index contributed by atoms with van der Waals surface area (Å²) in [7, 11) is 0. The Balaban J connectivity index is 1.17. The standard InChI is InChI=1S/C36H37ClFN5O5/c1-36(2,3)48-35(46)41-16-18-42(19-17-41)43-32(39-31-28(38)15-14-27(37)29(31)33(43)44)30(21-12-13-21)40-34(45)47-20-26-24-10-6-4-8-22(24)23-9-5-7-11-25(23)26/h4-11,14-15,21,26,30H,12-13,16-20H2,1-3H3,(H,40,45)/t30-/m0/s1.